The topological polar surface area (TPSA) is 74.7 Å². The summed E-state index contributed by atoms with van der Waals surface area (Å²) in [4.78, 5) is 4.54. The van der Waals surface area contributed by atoms with Gasteiger partial charge in [0.05, 0.1) is 32.1 Å². The van der Waals surface area contributed by atoms with Crippen LogP contribution in [0.1, 0.15) is 11.3 Å². The van der Waals surface area contributed by atoms with E-state index in [9.17, 15) is 0 Å². The number of methoxy groups -OCH3 is 1. The van der Waals surface area contributed by atoms with Crippen LogP contribution in [-0.2, 0) is 19.6 Å². The molecule has 0 amide bonds. The SMILES string of the molecule is COc1ccccc1-n1cc(Cn2ccnc2-c2cc3n(n2)CCNC3)cn1. The molecule has 0 spiro atoms. The maximum atomic E-state index is 5.44. The average Bonchev–Trinajstić information content (AvgIpc) is 3.47. The molecule has 0 fully saturated rings. The minimum Gasteiger partial charge on any atom is -0.494 e. The maximum Gasteiger partial charge on any atom is 0.160 e. The molecule has 8 heteroatoms. The zero-order valence-electron chi connectivity index (χ0n) is 15.6. The van der Waals surface area contributed by atoms with E-state index >= 15 is 0 Å². The lowest BCUT2D eigenvalue weighted by atomic mass is 10.3. The molecule has 4 aromatic rings. The Hall–Kier alpha value is -3.39. The summed E-state index contributed by atoms with van der Waals surface area (Å²) in [7, 11) is 1.67. The molecule has 0 saturated carbocycles. The minimum atomic E-state index is 0.672. The van der Waals surface area contributed by atoms with Crippen LogP contribution in [0.25, 0.3) is 17.2 Å². The standard InChI is InChI=1S/C20H21N7O/c1-28-19-5-3-2-4-18(19)27-14-15(11-23-27)13-25-8-7-22-20(25)17-10-16-12-21-6-9-26(16)24-17/h2-5,7-8,10-11,14,21H,6,9,12-13H2,1H3. The first-order chi connectivity index (χ1) is 13.8. The number of imidazole rings is 1. The minimum absolute atomic E-state index is 0.672. The van der Waals surface area contributed by atoms with Gasteiger partial charge in [-0.2, -0.15) is 10.2 Å². The lowest BCUT2D eigenvalue weighted by Crippen LogP contribution is -2.28. The van der Waals surface area contributed by atoms with E-state index in [-0.39, 0.29) is 0 Å². The number of fused-ring (bicyclic) bond motifs is 1. The fraction of sp³-hybridized carbons (Fsp3) is 0.250. The highest BCUT2D eigenvalue weighted by Gasteiger charge is 2.16. The molecule has 0 atom stereocenters. The lowest BCUT2D eigenvalue weighted by molar-refractivity contribution is 0.411. The van der Waals surface area contributed by atoms with Crippen molar-refractivity contribution in [3.05, 3.63) is 66.4 Å². The van der Waals surface area contributed by atoms with Gasteiger partial charge < -0.3 is 14.6 Å². The highest BCUT2D eigenvalue weighted by atomic mass is 16.5. The zero-order valence-corrected chi connectivity index (χ0v) is 15.6. The highest BCUT2D eigenvalue weighted by molar-refractivity contribution is 5.51. The van der Waals surface area contributed by atoms with Crippen molar-refractivity contribution in [2.45, 2.75) is 19.6 Å². The normalized spacial score (nSPS) is 13.5. The largest absolute Gasteiger partial charge is 0.494 e. The fourth-order valence-corrected chi connectivity index (χ4v) is 3.56. The van der Waals surface area contributed by atoms with Crippen molar-refractivity contribution in [2.75, 3.05) is 13.7 Å². The van der Waals surface area contributed by atoms with Crippen molar-refractivity contribution in [2.24, 2.45) is 0 Å². The van der Waals surface area contributed by atoms with Gasteiger partial charge in [-0.05, 0) is 18.2 Å². The fourth-order valence-electron chi connectivity index (χ4n) is 3.56. The molecule has 5 rings (SSSR count). The van der Waals surface area contributed by atoms with Crippen LogP contribution in [0.4, 0.5) is 0 Å². The summed E-state index contributed by atoms with van der Waals surface area (Å²) in [6.45, 7) is 3.36. The van der Waals surface area contributed by atoms with E-state index in [2.05, 4.69) is 30.7 Å². The van der Waals surface area contributed by atoms with Crippen molar-refractivity contribution in [3.63, 3.8) is 0 Å². The second kappa shape index (κ2) is 6.97. The van der Waals surface area contributed by atoms with E-state index in [0.717, 1.165) is 48.2 Å². The molecule has 0 aliphatic carbocycles. The molecule has 0 saturated heterocycles. The summed E-state index contributed by atoms with van der Waals surface area (Å²) in [5.41, 5.74) is 4.09. The third-order valence-electron chi connectivity index (χ3n) is 4.94. The molecule has 142 valence electrons. The van der Waals surface area contributed by atoms with E-state index in [1.54, 1.807) is 7.11 Å². The summed E-state index contributed by atoms with van der Waals surface area (Å²) < 4.78 is 11.4. The Labute approximate surface area is 162 Å². The number of hydrogen-bond acceptors (Lipinski definition) is 5. The van der Waals surface area contributed by atoms with Crippen molar-refractivity contribution >= 4 is 0 Å². The van der Waals surface area contributed by atoms with Gasteiger partial charge in [-0.3, -0.25) is 4.68 Å². The average molecular weight is 375 g/mol. The summed E-state index contributed by atoms with van der Waals surface area (Å²) >= 11 is 0. The molecular formula is C20H21N7O. The van der Waals surface area contributed by atoms with Crippen molar-refractivity contribution < 1.29 is 4.74 Å². The van der Waals surface area contributed by atoms with Crippen molar-refractivity contribution in [1.82, 2.24) is 34.4 Å². The Morgan fingerprint density at radius 1 is 1.25 bits per heavy atom. The molecule has 1 aliphatic heterocycles. The summed E-state index contributed by atoms with van der Waals surface area (Å²) in [5.74, 6) is 1.66. The highest BCUT2D eigenvalue weighted by Crippen LogP contribution is 2.23. The van der Waals surface area contributed by atoms with Crippen LogP contribution in [0.2, 0.25) is 0 Å². The molecule has 4 heterocycles. The number of para-hydroxylation sites is 2. The first kappa shape index (κ1) is 16.8. The molecule has 0 radical (unpaired) electrons. The van der Waals surface area contributed by atoms with Gasteiger partial charge in [0.2, 0.25) is 0 Å². The Kier molecular flexibility index (Phi) is 4.17. The molecule has 3 aromatic heterocycles. The van der Waals surface area contributed by atoms with Crippen LogP contribution < -0.4 is 10.1 Å². The van der Waals surface area contributed by atoms with E-state index in [4.69, 9.17) is 9.84 Å². The number of benzene rings is 1. The van der Waals surface area contributed by atoms with Crippen LogP contribution in [0.3, 0.4) is 0 Å². The predicted octanol–water partition coefficient (Wildman–Crippen LogP) is 2.09. The van der Waals surface area contributed by atoms with Gasteiger partial charge in [0, 0.05) is 37.2 Å². The second-order valence-corrected chi connectivity index (χ2v) is 6.76. The smallest absolute Gasteiger partial charge is 0.160 e. The van der Waals surface area contributed by atoms with Crippen molar-refractivity contribution in [3.8, 4) is 23.0 Å². The maximum absolute atomic E-state index is 5.44. The van der Waals surface area contributed by atoms with Crippen LogP contribution in [0, 0.1) is 0 Å². The van der Waals surface area contributed by atoms with E-state index in [1.165, 1.54) is 5.69 Å². The Morgan fingerprint density at radius 3 is 3.07 bits per heavy atom. The van der Waals surface area contributed by atoms with E-state index in [0.29, 0.717) is 6.54 Å². The first-order valence-corrected chi connectivity index (χ1v) is 9.28. The van der Waals surface area contributed by atoms with E-state index < -0.39 is 0 Å². The molecule has 1 N–H and O–H groups in total. The van der Waals surface area contributed by atoms with Crippen LogP contribution in [0.5, 0.6) is 5.75 Å². The molecule has 1 aliphatic rings. The van der Waals surface area contributed by atoms with Gasteiger partial charge in [0.15, 0.2) is 5.82 Å². The summed E-state index contributed by atoms with van der Waals surface area (Å²) in [6, 6.07) is 9.96. The Bertz CT molecular complexity index is 1080. The van der Waals surface area contributed by atoms with Crippen LogP contribution in [0.15, 0.2) is 55.1 Å². The van der Waals surface area contributed by atoms with Gasteiger partial charge in [0.1, 0.15) is 17.1 Å². The second-order valence-electron chi connectivity index (χ2n) is 6.76. The number of nitrogens with one attached hydrogen (secondary N) is 1. The van der Waals surface area contributed by atoms with Gasteiger partial charge in [-0.25, -0.2) is 9.67 Å². The quantitative estimate of drug-likeness (QED) is 0.578. The Balaban J connectivity index is 1.42. The molecular weight excluding hydrogens is 354 g/mol. The summed E-state index contributed by atoms with van der Waals surface area (Å²) in [5, 5.41) is 12.6. The first-order valence-electron chi connectivity index (χ1n) is 9.28. The van der Waals surface area contributed by atoms with Gasteiger partial charge in [0.25, 0.3) is 0 Å². The zero-order chi connectivity index (χ0) is 18.9. The molecule has 1 aromatic carbocycles. The number of rotatable bonds is 5. The van der Waals surface area contributed by atoms with Gasteiger partial charge in [-0.15, -0.1) is 0 Å². The third-order valence-corrected chi connectivity index (χ3v) is 4.94. The molecule has 28 heavy (non-hydrogen) atoms. The lowest BCUT2D eigenvalue weighted by Gasteiger charge is -2.13. The van der Waals surface area contributed by atoms with E-state index in [1.807, 2.05) is 53.7 Å². The third kappa shape index (κ3) is 2.97. The van der Waals surface area contributed by atoms with Gasteiger partial charge in [-0.1, -0.05) is 12.1 Å². The predicted molar refractivity (Wildman–Crippen MR) is 104 cm³/mol. The van der Waals surface area contributed by atoms with Gasteiger partial charge >= 0.3 is 0 Å². The Morgan fingerprint density at radius 2 is 2.18 bits per heavy atom. The number of aromatic nitrogens is 6. The monoisotopic (exact) mass is 375 g/mol. The van der Waals surface area contributed by atoms with Crippen LogP contribution in [-0.4, -0.2) is 42.8 Å². The number of nitrogens with zero attached hydrogens (tertiary/aromatic N) is 6. The van der Waals surface area contributed by atoms with Crippen LogP contribution >= 0.6 is 0 Å². The van der Waals surface area contributed by atoms with Crippen molar-refractivity contribution in [1.29, 1.82) is 0 Å². The number of hydrogen-bond donors (Lipinski definition) is 1. The molecule has 0 bridgehead atoms. The molecule has 0 unspecified atom stereocenters. The molecule has 8 nitrogen and oxygen atoms in total. The summed E-state index contributed by atoms with van der Waals surface area (Å²) in [6.07, 6.45) is 7.69. The number of ether oxygens (including phenoxy) is 1.